The molecule has 0 bridgehead atoms. The molecule has 8 nitrogen and oxygen atoms in total. The highest BCUT2D eigenvalue weighted by Crippen LogP contribution is 2.29. The molecule has 0 aliphatic rings. The van der Waals surface area contributed by atoms with Gasteiger partial charge in [0.25, 0.3) is 10.0 Å². The lowest BCUT2D eigenvalue weighted by molar-refractivity contribution is -0.140. The summed E-state index contributed by atoms with van der Waals surface area (Å²) in [5, 5.41) is 3.43. The number of carbonyl (C=O) groups excluding carboxylic acids is 2. The molecule has 0 saturated carbocycles. The predicted molar refractivity (Wildman–Crippen MR) is 193 cm³/mol. The zero-order valence-corrected chi connectivity index (χ0v) is 28.7. The number of hydrogen-bond donors (Lipinski definition) is 1. The lowest BCUT2D eigenvalue weighted by atomic mass is 10.0. The zero-order chi connectivity index (χ0) is 34.6. The summed E-state index contributed by atoms with van der Waals surface area (Å²) in [5.74, 6) is 0.232. The van der Waals surface area contributed by atoms with E-state index in [0.29, 0.717) is 35.1 Å². The molecule has 1 N–H and O–H groups in total. The first-order valence-electron chi connectivity index (χ1n) is 16.0. The summed E-state index contributed by atoms with van der Waals surface area (Å²) in [5.41, 5.74) is 1.81. The molecule has 0 spiro atoms. The molecular formula is C39H38ClN3O5S. The van der Waals surface area contributed by atoms with E-state index in [-0.39, 0.29) is 29.5 Å². The molecule has 0 unspecified atom stereocenters. The van der Waals surface area contributed by atoms with Crippen molar-refractivity contribution < 1.29 is 22.7 Å². The third-order valence-corrected chi connectivity index (χ3v) is 9.80. The van der Waals surface area contributed by atoms with Crippen LogP contribution in [0.3, 0.4) is 0 Å². The summed E-state index contributed by atoms with van der Waals surface area (Å²) < 4.78 is 35.5. The van der Waals surface area contributed by atoms with Gasteiger partial charge in [0.2, 0.25) is 11.8 Å². The number of carbonyl (C=O) groups is 2. The highest BCUT2D eigenvalue weighted by Gasteiger charge is 2.34. The Hall–Kier alpha value is -5.12. The van der Waals surface area contributed by atoms with Crippen molar-refractivity contribution in [3.05, 3.63) is 156 Å². The first-order valence-corrected chi connectivity index (χ1v) is 17.8. The van der Waals surface area contributed by atoms with Gasteiger partial charge in [0.1, 0.15) is 24.1 Å². The Bertz CT molecular complexity index is 1930. The second-order valence-corrected chi connectivity index (χ2v) is 13.7. The van der Waals surface area contributed by atoms with E-state index in [4.69, 9.17) is 16.3 Å². The van der Waals surface area contributed by atoms with Crippen LogP contribution >= 0.6 is 11.6 Å². The summed E-state index contributed by atoms with van der Waals surface area (Å²) >= 11 is 6.32. The van der Waals surface area contributed by atoms with Crippen molar-refractivity contribution in [2.24, 2.45) is 0 Å². The SMILES string of the molecule is CCCNC(=O)[C@H](Cc1ccccc1)N(Cc1cccc(Cl)c1)C(=O)CN(c1ccc(Oc2ccccc2)cc1)S(=O)(=O)c1ccccc1. The summed E-state index contributed by atoms with van der Waals surface area (Å²) in [6.07, 6.45) is 0.929. The van der Waals surface area contributed by atoms with Gasteiger partial charge in [0.15, 0.2) is 0 Å². The molecule has 10 heteroatoms. The Morgan fingerprint density at radius 3 is 1.98 bits per heavy atom. The van der Waals surface area contributed by atoms with Gasteiger partial charge in [0.05, 0.1) is 10.6 Å². The number of hydrogen-bond acceptors (Lipinski definition) is 5. The summed E-state index contributed by atoms with van der Waals surface area (Å²) in [6.45, 7) is 1.83. The Balaban J connectivity index is 1.54. The first-order chi connectivity index (χ1) is 23.7. The Morgan fingerprint density at radius 1 is 0.755 bits per heavy atom. The van der Waals surface area contributed by atoms with Crippen LogP contribution in [-0.4, -0.2) is 44.3 Å². The van der Waals surface area contributed by atoms with E-state index in [0.717, 1.165) is 9.87 Å². The predicted octanol–water partition coefficient (Wildman–Crippen LogP) is 7.49. The highest BCUT2D eigenvalue weighted by molar-refractivity contribution is 7.92. The van der Waals surface area contributed by atoms with Crippen LogP contribution in [0, 0.1) is 0 Å². The van der Waals surface area contributed by atoms with Gasteiger partial charge in [0, 0.05) is 24.5 Å². The molecule has 0 saturated heterocycles. The maximum absolute atomic E-state index is 14.6. The van der Waals surface area contributed by atoms with Gasteiger partial charge in [-0.15, -0.1) is 0 Å². The molecule has 1 atom stereocenters. The molecule has 5 aromatic carbocycles. The lowest BCUT2D eigenvalue weighted by Crippen LogP contribution is -2.53. The number of amides is 2. The van der Waals surface area contributed by atoms with Crippen LogP contribution in [0.25, 0.3) is 0 Å². The van der Waals surface area contributed by atoms with Crippen molar-refractivity contribution >= 4 is 39.1 Å². The smallest absolute Gasteiger partial charge is 0.264 e. The fourth-order valence-electron chi connectivity index (χ4n) is 5.31. The highest BCUT2D eigenvalue weighted by atomic mass is 35.5. The fraction of sp³-hybridized carbons (Fsp3) is 0.179. The zero-order valence-electron chi connectivity index (χ0n) is 27.1. The number of rotatable bonds is 15. The molecule has 0 aliphatic heterocycles. The van der Waals surface area contributed by atoms with Gasteiger partial charge < -0.3 is 15.0 Å². The van der Waals surface area contributed by atoms with E-state index in [1.165, 1.54) is 17.0 Å². The number of benzene rings is 5. The van der Waals surface area contributed by atoms with Crippen molar-refractivity contribution in [3.8, 4) is 11.5 Å². The molecule has 2 amide bonds. The van der Waals surface area contributed by atoms with Crippen LogP contribution in [0.1, 0.15) is 24.5 Å². The Kier molecular flexibility index (Phi) is 12.1. The molecule has 49 heavy (non-hydrogen) atoms. The number of anilines is 1. The van der Waals surface area contributed by atoms with Crippen molar-refractivity contribution in [2.75, 3.05) is 17.4 Å². The average Bonchev–Trinajstić information content (AvgIpc) is 3.12. The normalized spacial score (nSPS) is 11.7. The second kappa shape index (κ2) is 16.8. The average molecular weight is 696 g/mol. The molecule has 0 aromatic heterocycles. The molecule has 5 rings (SSSR count). The largest absolute Gasteiger partial charge is 0.457 e. The maximum atomic E-state index is 14.6. The Morgan fingerprint density at radius 2 is 1.35 bits per heavy atom. The molecular weight excluding hydrogens is 658 g/mol. The van der Waals surface area contributed by atoms with Crippen LogP contribution in [0.2, 0.25) is 5.02 Å². The summed E-state index contributed by atoms with van der Waals surface area (Å²) in [6, 6.07) is 39.2. The monoisotopic (exact) mass is 695 g/mol. The van der Waals surface area contributed by atoms with E-state index in [9.17, 15) is 18.0 Å². The number of para-hydroxylation sites is 1. The number of sulfonamides is 1. The standard InChI is InChI=1S/C39H38ClN3O5S/c1-2-25-41-39(45)37(27-30-13-6-3-7-14-30)42(28-31-15-12-16-32(40)26-31)38(44)29-43(49(46,47)36-19-10-5-11-20-36)33-21-23-35(24-22-33)48-34-17-8-4-9-18-34/h3-24,26,37H,2,25,27-29H2,1H3,(H,41,45)/t37-/m0/s1. The molecule has 0 radical (unpaired) electrons. The lowest BCUT2D eigenvalue weighted by Gasteiger charge is -2.34. The van der Waals surface area contributed by atoms with Crippen LogP contribution in [0.4, 0.5) is 5.69 Å². The van der Waals surface area contributed by atoms with E-state index >= 15 is 0 Å². The maximum Gasteiger partial charge on any atom is 0.264 e. The fourth-order valence-corrected chi connectivity index (χ4v) is 6.95. The van der Waals surface area contributed by atoms with E-state index in [1.54, 1.807) is 60.7 Å². The molecule has 0 aliphatic carbocycles. The van der Waals surface area contributed by atoms with Gasteiger partial charge in [-0.3, -0.25) is 13.9 Å². The first kappa shape index (κ1) is 35.2. The van der Waals surface area contributed by atoms with Gasteiger partial charge in [-0.05, 0) is 78.2 Å². The molecule has 5 aromatic rings. The minimum atomic E-state index is -4.23. The van der Waals surface area contributed by atoms with Gasteiger partial charge in [-0.1, -0.05) is 97.4 Å². The molecule has 0 fully saturated rings. The van der Waals surface area contributed by atoms with Crippen LogP contribution in [0.15, 0.2) is 144 Å². The van der Waals surface area contributed by atoms with Crippen LogP contribution in [-0.2, 0) is 32.6 Å². The van der Waals surface area contributed by atoms with Crippen molar-refractivity contribution in [1.29, 1.82) is 0 Å². The molecule has 0 heterocycles. The van der Waals surface area contributed by atoms with E-state index in [1.807, 2.05) is 73.7 Å². The summed E-state index contributed by atoms with van der Waals surface area (Å²) in [7, 11) is -4.23. The van der Waals surface area contributed by atoms with Crippen LogP contribution in [0.5, 0.6) is 11.5 Å². The van der Waals surface area contributed by atoms with Crippen LogP contribution < -0.4 is 14.4 Å². The second-order valence-electron chi connectivity index (χ2n) is 11.4. The quantitative estimate of drug-likeness (QED) is 0.122. The van der Waals surface area contributed by atoms with Crippen molar-refractivity contribution in [2.45, 2.75) is 37.2 Å². The summed E-state index contributed by atoms with van der Waals surface area (Å²) in [4.78, 5) is 29.9. The topological polar surface area (TPSA) is 96.0 Å². The number of ether oxygens (including phenoxy) is 1. The minimum Gasteiger partial charge on any atom is -0.457 e. The third kappa shape index (κ3) is 9.49. The molecule has 252 valence electrons. The van der Waals surface area contributed by atoms with Gasteiger partial charge >= 0.3 is 0 Å². The Labute approximate surface area is 293 Å². The van der Waals surface area contributed by atoms with E-state index in [2.05, 4.69) is 5.32 Å². The number of nitrogens with zero attached hydrogens (tertiary/aromatic N) is 2. The van der Waals surface area contributed by atoms with Crippen molar-refractivity contribution in [3.63, 3.8) is 0 Å². The van der Waals surface area contributed by atoms with E-state index < -0.39 is 28.5 Å². The number of nitrogens with one attached hydrogen (secondary N) is 1. The number of halogens is 1. The van der Waals surface area contributed by atoms with Crippen molar-refractivity contribution in [1.82, 2.24) is 10.2 Å². The third-order valence-electron chi connectivity index (χ3n) is 7.78. The van der Waals surface area contributed by atoms with Gasteiger partial charge in [-0.25, -0.2) is 8.42 Å². The minimum absolute atomic E-state index is 0.0235. The van der Waals surface area contributed by atoms with Gasteiger partial charge in [-0.2, -0.15) is 0 Å².